The molecule has 2 nitrogen and oxygen atoms in total. The van der Waals surface area contributed by atoms with Gasteiger partial charge in [0.25, 0.3) is 9.76 Å². The Morgan fingerprint density at radius 3 is 2.71 bits per heavy atom. The van der Waals surface area contributed by atoms with E-state index in [2.05, 4.69) is 6.58 Å². The van der Waals surface area contributed by atoms with Gasteiger partial charge < -0.3 is 4.12 Å². The summed E-state index contributed by atoms with van der Waals surface area (Å²) in [7, 11) is 0.232. The molecule has 0 heterocycles. The quantitative estimate of drug-likeness (QED) is 0.339. The number of rotatable bonds is 3. The Morgan fingerprint density at radius 2 is 2.57 bits per heavy atom. The van der Waals surface area contributed by atoms with E-state index in [9.17, 15) is 4.79 Å². The third-order valence-corrected chi connectivity index (χ3v) is 1.85. The topological polar surface area (TPSA) is 26.3 Å². The first-order chi connectivity index (χ1) is 3.31. The summed E-state index contributed by atoms with van der Waals surface area (Å²) >= 11 is 0. The molecule has 4 heteroatoms. The van der Waals surface area contributed by atoms with Crippen molar-refractivity contribution >= 4 is 25.7 Å². The van der Waals surface area contributed by atoms with Gasteiger partial charge in [-0.15, -0.1) is 0 Å². The zero-order valence-electron chi connectivity index (χ0n) is 4.18. The van der Waals surface area contributed by atoms with Crippen LogP contribution in [0.4, 0.5) is 0 Å². The maximum absolute atomic E-state index is 10.2. The summed E-state index contributed by atoms with van der Waals surface area (Å²) in [5.41, 5.74) is 0. The van der Waals surface area contributed by atoms with E-state index in [0.29, 0.717) is 10.5 Å². The lowest BCUT2D eigenvalue weighted by Crippen LogP contribution is -2.07. The molecular weight excluding hydrogens is 124 g/mol. The lowest BCUT2D eigenvalue weighted by atomic mass is 10.7. The molecule has 0 rings (SSSR count). The van der Waals surface area contributed by atoms with Crippen LogP contribution >= 0.6 is 0 Å². The normalized spacial score (nSPS) is 8.57. The molecule has 39 valence electrons. The maximum Gasteiger partial charge on any atom is 0.266 e. The van der Waals surface area contributed by atoms with E-state index >= 15 is 0 Å². The van der Waals surface area contributed by atoms with Crippen molar-refractivity contribution in [2.24, 2.45) is 0 Å². The van der Waals surface area contributed by atoms with E-state index < -0.39 is 9.76 Å². The lowest BCUT2D eigenvalue weighted by molar-refractivity contribution is -0.108. The summed E-state index contributed by atoms with van der Waals surface area (Å²) < 4.78 is 4.70. The number of carbonyl (C=O) groups excluding carboxylic acids is 1. The van der Waals surface area contributed by atoms with Gasteiger partial charge in [-0.05, 0) is 6.08 Å². The standard InChI is InChI=1S/C3H7O2Si2/c1-2-3(4)7-5-6/h2,7H,1H2,6H3. The molecule has 0 aliphatic carbocycles. The zero-order chi connectivity index (χ0) is 5.70. The summed E-state index contributed by atoms with van der Waals surface area (Å²) in [4.78, 5) is 10.2. The number of hydrogen-bond donors (Lipinski definition) is 0. The van der Waals surface area contributed by atoms with Crippen molar-refractivity contribution in [3.63, 3.8) is 0 Å². The second-order valence-corrected chi connectivity index (χ2v) is 3.65. The second-order valence-electron chi connectivity index (χ2n) is 0.960. The highest BCUT2D eigenvalue weighted by molar-refractivity contribution is 6.73. The molecule has 1 radical (unpaired) electrons. The average Bonchev–Trinajstić information content (AvgIpc) is 1.68. The van der Waals surface area contributed by atoms with Gasteiger partial charge in [-0.3, -0.25) is 4.79 Å². The first kappa shape index (κ1) is 6.80. The molecule has 0 saturated carbocycles. The van der Waals surface area contributed by atoms with Crippen LogP contribution in [0.15, 0.2) is 12.7 Å². The fourth-order valence-corrected chi connectivity index (χ4v) is 1.19. The highest BCUT2D eigenvalue weighted by Gasteiger charge is 1.91. The van der Waals surface area contributed by atoms with Crippen molar-refractivity contribution in [3.05, 3.63) is 12.7 Å². The average molecular weight is 131 g/mol. The summed E-state index contributed by atoms with van der Waals surface area (Å²) in [5.74, 6) is 0. The molecule has 0 fully saturated rings. The molecule has 0 saturated heterocycles. The summed E-state index contributed by atoms with van der Waals surface area (Å²) in [6.07, 6.45) is 1.30. The molecule has 0 aromatic rings. The van der Waals surface area contributed by atoms with Gasteiger partial charge in [-0.1, -0.05) is 6.58 Å². The second kappa shape index (κ2) is 3.98. The van der Waals surface area contributed by atoms with E-state index in [1.54, 1.807) is 0 Å². The van der Waals surface area contributed by atoms with Crippen molar-refractivity contribution in [2.45, 2.75) is 0 Å². The highest BCUT2D eigenvalue weighted by atomic mass is 28.3. The van der Waals surface area contributed by atoms with Gasteiger partial charge in [0.05, 0.1) is 0 Å². The van der Waals surface area contributed by atoms with Crippen molar-refractivity contribution < 1.29 is 8.91 Å². The van der Waals surface area contributed by atoms with Crippen LogP contribution in [0.3, 0.4) is 0 Å². The SMILES string of the molecule is C=CC(=O)[SiH]O[SiH3]. The Hall–Kier alpha value is -0.196. The Morgan fingerprint density at radius 1 is 2.00 bits per heavy atom. The predicted molar refractivity (Wildman–Crippen MR) is 33.4 cm³/mol. The van der Waals surface area contributed by atoms with E-state index in [1.165, 1.54) is 6.08 Å². The molecule has 0 amide bonds. The molecule has 0 aliphatic rings. The smallest absolute Gasteiger partial charge is 0.266 e. The number of allylic oxidation sites excluding steroid dienone is 1. The summed E-state index contributed by atoms with van der Waals surface area (Å²) in [5, 5.41) is 0.0370. The molecule has 0 bridgehead atoms. The largest absolute Gasteiger partial charge is 0.461 e. The van der Waals surface area contributed by atoms with E-state index in [-0.39, 0.29) is 5.41 Å². The van der Waals surface area contributed by atoms with Gasteiger partial charge in [0.2, 0.25) is 0 Å². The van der Waals surface area contributed by atoms with Crippen molar-refractivity contribution in [1.29, 1.82) is 0 Å². The molecule has 0 atom stereocenters. The fourth-order valence-electron chi connectivity index (χ4n) is 0.164. The molecule has 0 aromatic carbocycles. The predicted octanol–water partition coefficient (Wildman–Crippen LogP) is -1.65. The van der Waals surface area contributed by atoms with Crippen LogP contribution in [-0.4, -0.2) is 25.7 Å². The first-order valence-corrected chi connectivity index (χ1v) is 3.70. The van der Waals surface area contributed by atoms with Gasteiger partial charge >= 0.3 is 0 Å². The van der Waals surface area contributed by atoms with Gasteiger partial charge in [-0.2, -0.15) is 0 Å². The van der Waals surface area contributed by atoms with Crippen molar-refractivity contribution in [3.8, 4) is 0 Å². The first-order valence-electron chi connectivity index (χ1n) is 1.83. The molecule has 0 aliphatic heterocycles. The monoisotopic (exact) mass is 131 g/mol. The lowest BCUT2D eigenvalue weighted by Gasteiger charge is -1.84. The molecular formula is C3H7O2Si2. The number of hydrogen-bond acceptors (Lipinski definition) is 2. The summed E-state index contributed by atoms with van der Waals surface area (Å²) in [6, 6.07) is 0. The Bertz CT molecular complexity index is 81.0. The van der Waals surface area contributed by atoms with Crippen LogP contribution in [0.2, 0.25) is 0 Å². The van der Waals surface area contributed by atoms with Crippen LogP contribution in [0.5, 0.6) is 0 Å². The minimum absolute atomic E-state index is 0.0370. The molecule has 7 heavy (non-hydrogen) atoms. The number of carbonyl (C=O) groups is 1. The van der Waals surface area contributed by atoms with Gasteiger partial charge in [0.15, 0.2) is 5.41 Å². The Kier molecular flexibility index (Phi) is 3.86. The van der Waals surface area contributed by atoms with E-state index in [0.717, 1.165) is 0 Å². The van der Waals surface area contributed by atoms with Crippen LogP contribution in [0.1, 0.15) is 0 Å². The van der Waals surface area contributed by atoms with E-state index in [1.807, 2.05) is 0 Å². The third kappa shape index (κ3) is 3.64. The third-order valence-electron chi connectivity index (χ3n) is 0.435. The molecule has 0 unspecified atom stereocenters. The van der Waals surface area contributed by atoms with Crippen LogP contribution in [0, 0.1) is 0 Å². The van der Waals surface area contributed by atoms with Gasteiger partial charge in [0, 0.05) is 0 Å². The highest BCUT2D eigenvalue weighted by Crippen LogP contribution is 1.66. The zero-order valence-corrected chi connectivity index (χ0v) is 7.33. The minimum atomic E-state index is -0.428. The van der Waals surface area contributed by atoms with Crippen LogP contribution in [-0.2, 0) is 8.91 Å². The Labute approximate surface area is 48.0 Å². The Balaban J connectivity index is 3.17. The molecule has 0 N–H and O–H groups in total. The van der Waals surface area contributed by atoms with Crippen LogP contribution < -0.4 is 0 Å². The molecule has 0 aromatic heterocycles. The van der Waals surface area contributed by atoms with Crippen molar-refractivity contribution in [2.75, 3.05) is 0 Å². The summed E-state index contributed by atoms with van der Waals surface area (Å²) in [6.45, 7) is 3.29. The molecule has 0 spiro atoms. The van der Waals surface area contributed by atoms with Crippen molar-refractivity contribution in [1.82, 2.24) is 0 Å². The van der Waals surface area contributed by atoms with Gasteiger partial charge in [-0.25, -0.2) is 0 Å². The fraction of sp³-hybridized carbons (Fsp3) is 0. The van der Waals surface area contributed by atoms with Gasteiger partial charge in [0.1, 0.15) is 10.5 Å². The maximum atomic E-state index is 10.2. The minimum Gasteiger partial charge on any atom is -0.461 e. The van der Waals surface area contributed by atoms with E-state index in [4.69, 9.17) is 4.12 Å². The van der Waals surface area contributed by atoms with Crippen LogP contribution in [0.25, 0.3) is 0 Å².